The number of anilines is 1. The van der Waals surface area contributed by atoms with Crippen LogP contribution in [0.4, 0.5) is 14.5 Å². The van der Waals surface area contributed by atoms with Gasteiger partial charge in [0.25, 0.3) is 0 Å². The third kappa shape index (κ3) is 3.67. The van der Waals surface area contributed by atoms with Gasteiger partial charge in [0.05, 0.1) is 17.4 Å². The molecule has 0 unspecified atom stereocenters. The number of nitrogens with zero attached hydrogens (tertiary/aromatic N) is 2. The van der Waals surface area contributed by atoms with E-state index in [-0.39, 0.29) is 23.5 Å². The van der Waals surface area contributed by atoms with E-state index in [0.29, 0.717) is 0 Å². The highest BCUT2D eigenvalue weighted by molar-refractivity contribution is 7.90. The van der Waals surface area contributed by atoms with Gasteiger partial charge in [-0.2, -0.15) is 5.26 Å². The van der Waals surface area contributed by atoms with Crippen molar-refractivity contribution in [3.8, 4) is 6.07 Å². The summed E-state index contributed by atoms with van der Waals surface area (Å²) >= 11 is 0. The molecule has 0 aliphatic rings. The van der Waals surface area contributed by atoms with Crippen molar-refractivity contribution < 1.29 is 17.2 Å². The van der Waals surface area contributed by atoms with Crippen molar-refractivity contribution in [1.82, 2.24) is 0 Å². The Balaban J connectivity index is 3.00. The quantitative estimate of drug-likeness (QED) is 0.830. The Kier molecular flexibility index (Phi) is 4.24. The number of halogens is 2. The Hall–Kier alpha value is -1.68. The number of hydrogen-bond donors (Lipinski definition) is 0. The molecule has 0 radical (unpaired) electrons. The number of rotatable bonds is 4. The Morgan fingerprint density at radius 1 is 1.33 bits per heavy atom. The first kappa shape index (κ1) is 14.4. The smallest absolute Gasteiger partial charge is 0.150 e. The molecule has 0 amide bonds. The molecule has 0 heterocycles. The lowest BCUT2D eigenvalue weighted by atomic mass is 10.2. The van der Waals surface area contributed by atoms with Gasteiger partial charge >= 0.3 is 0 Å². The molecule has 1 aromatic rings. The van der Waals surface area contributed by atoms with Gasteiger partial charge in [-0.15, -0.1) is 0 Å². The molecule has 4 nitrogen and oxygen atoms in total. The maximum absolute atomic E-state index is 13.6. The lowest BCUT2D eigenvalue weighted by Gasteiger charge is -2.20. The predicted octanol–water partition coefficient (Wildman–Crippen LogP) is 1.32. The van der Waals surface area contributed by atoms with Crippen LogP contribution in [0.1, 0.15) is 5.56 Å². The zero-order chi connectivity index (χ0) is 13.9. The first-order chi connectivity index (χ1) is 8.24. The lowest BCUT2D eigenvalue weighted by Crippen LogP contribution is -2.26. The largest absolute Gasteiger partial charge is 0.369 e. The van der Waals surface area contributed by atoms with E-state index in [9.17, 15) is 17.2 Å². The van der Waals surface area contributed by atoms with Crippen molar-refractivity contribution in [2.45, 2.75) is 0 Å². The first-order valence-electron chi connectivity index (χ1n) is 5.02. The fourth-order valence-electron chi connectivity index (χ4n) is 1.41. The van der Waals surface area contributed by atoms with E-state index in [2.05, 4.69) is 0 Å². The Labute approximate surface area is 104 Å². The zero-order valence-corrected chi connectivity index (χ0v) is 10.8. The second-order valence-electron chi connectivity index (χ2n) is 3.95. The van der Waals surface area contributed by atoms with Crippen molar-refractivity contribution in [3.05, 3.63) is 29.3 Å². The summed E-state index contributed by atoms with van der Waals surface area (Å²) in [4.78, 5) is 1.17. The molecule has 0 fully saturated rings. The van der Waals surface area contributed by atoms with E-state index in [1.54, 1.807) is 6.07 Å². The summed E-state index contributed by atoms with van der Waals surface area (Å²) in [6, 6.07) is 3.46. The minimum absolute atomic E-state index is 0.0292. The summed E-state index contributed by atoms with van der Waals surface area (Å²) in [6.07, 6.45) is 1.05. The third-order valence-corrected chi connectivity index (χ3v) is 3.25. The Morgan fingerprint density at radius 2 is 1.83 bits per heavy atom. The molecule has 0 aliphatic heterocycles. The van der Waals surface area contributed by atoms with E-state index in [1.165, 1.54) is 11.9 Å². The molecule has 0 atom stereocenters. The van der Waals surface area contributed by atoms with Gasteiger partial charge in [0.1, 0.15) is 15.5 Å². The number of sulfone groups is 1. The van der Waals surface area contributed by atoms with Crippen molar-refractivity contribution >= 4 is 15.5 Å². The van der Waals surface area contributed by atoms with Gasteiger partial charge in [0.2, 0.25) is 0 Å². The third-order valence-electron chi connectivity index (χ3n) is 2.33. The lowest BCUT2D eigenvalue weighted by molar-refractivity contribution is 0.575. The summed E-state index contributed by atoms with van der Waals surface area (Å²) in [5.41, 5.74) is -0.456. The highest BCUT2D eigenvalue weighted by atomic mass is 32.2. The SMILES string of the molecule is CN(CCS(C)(=O)=O)c1c(F)cc(C#N)cc1F. The van der Waals surface area contributed by atoms with Crippen LogP contribution in [0.3, 0.4) is 0 Å². The topological polar surface area (TPSA) is 61.2 Å². The number of benzene rings is 1. The molecule has 1 aromatic carbocycles. The molecule has 18 heavy (non-hydrogen) atoms. The maximum Gasteiger partial charge on any atom is 0.150 e. The second-order valence-corrected chi connectivity index (χ2v) is 6.21. The average molecular weight is 274 g/mol. The molecule has 0 aliphatic carbocycles. The number of nitriles is 1. The standard InChI is InChI=1S/C11H12F2N2O2S/c1-15(3-4-18(2,16)17)11-9(12)5-8(7-14)6-10(11)13/h5-6H,3-4H2,1-2H3. The molecular formula is C11H12F2N2O2S. The van der Waals surface area contributed by atoms with Crippen LogP contribution in [-0.2, 0) is 9.84 Å². The summed E-state index contributed by atoms with van der Waals surface area (Å²) in [7, 11) is -1.82. The zero-order valence-electron chi connectivity index (χ0n) is 9.94. The first-order valence-corrected chi connectivity index (χ1v) is 7.08. The molecule has 7 heteroatoms. The van der Waals surface area contributed by atoms with Crippen LogP contribution in [0.15, 0.2) is 12.1 Å². The van der Waals surface area contributed by atoms with E-state index in [1.807, 2.05) is 0 Å². The Morgan fingerprint density at radius 3 is 2.22 bits per heavy atom. The second kappa shape index (κ2) is 5.31. The molecule has 0 saturated carbocycles. The van der Waals surface area contributed by atoms with Crippen LogP contribution in [-0.4, -0.2) is 34.0 Å². The van der Waals surface area contributed by atoms with Crippen molar-refractivity contribution in [2.75, 3.05) is 30.5 Å². The highest BCUT2D eigenvalue weighted by Gasteiger charge is 2.16. The molecule has 0 saturated heterocycles. The highest BCUT2D eigenvalue weighted by Crippen LogP contribution is 2.23. The summed E-state index contributed by atoms with van der Waals surface area (Å²) in [5, 5.41) is 8.55. The van der Waals surface area contributed by atoms with Crippen LogP contribution >= 0.6 is 0 Å². The molecule has 0 N–H and O–H groups in total. The van der Waals surface area contributed by atoms with E-state index < -0.39 is 21.5 Å². The van der Waals surface area contributed by atoms with Crippen LogP contribution < -0.4 is 4.90 Å². The van der Waals surface area contributed by atoms with Gasteiger partial charge in [0.15, 0.2) is 11.6 Å². The van der Waals surface area contributed by atoms with Gasteiger partial charge in [-0.05, 0) is 12.1 Å². The predicted molar refractivity (Wildman–Crippen MR) is 64.1 cm³/mol. The molecular weight excluding hydrogens is 262 g/mol. The minimum atomic E-state index is -3.20. The van der Waals surface area contributed by atoms with Gasteiger partial charge < -0.3 is 4.90 Å². The fourth-order valence-corrected chi connectivity index (χ4v) is 2.01. The van der Waals surface area contributed by atoms with E-state index >= 15 is 0 Å². The summed E-state index contributed by atoms with van der Waals surface area (Å²) in [6.45, 7) is -0.0292. The summed E-state index contributed by atoms with van der Waals surface area (Å²) in [5.74, 6) is -1.98. The number of hydrogen-bond acceptors (Lipinski definition) is 4. The maximum atomic E-state index is 13.6. The van der Waals surface area contributed by atoms with Crippen LogP contribution in [0.2, 0.25) is 0 Å². The monoisotopic (exact) mass is 274 g/mol. The molecule has 0 spiro atoms. The van der Waals surface area contributed by atoms with E-state index in [0.717, 1.165) is 18.4 Å². The minimum Gasteiger partial charge on any atom is -0.369 e. The van der Waals surface area contributed by atoms with Gasteiger partial charge in [0, 0.05) is 19.8 Å². The van der Waals surface area contributed by atoms with Crippen LogP contribution in [0, 0.1) is 23.0 Å². The van der Waals surface area contributed by atoms with Crippen LogP contribution in [0.5, 0.6) is 0 Å². The van der Waals surface area contributed by atoms with Gasteiger partial charge in [-0.3, -0.25) is 0 Å². The van der Waals surface area contributed by atoms with Crippen molar-refractivity contribution in [1.29, 1.82) is 5.26 Å². The van der Waals surface area contributed by atoms with Crippen molar-refractivity contribution in [2.24, 2.45) is 0 Å². The fraction of sp³-hybridized carbons (Fsp3) is 0.364. The van der Waals surface area contributed by atoms with E-state index in [4.69, 9.17) is 5.26 Å². The summed E-state index contributed by atoms with van der Waals surface area (Å²) < 4.78 is 49.1. The normalized spacial score (nSPS) is 11.1. The molecule has 1 rings (SSSR count). The molecule has 98 valence electrons. The van der Waals surface area contributed by atoms with Crippen molar-refractivity contribution in [3.63, 3.8) is 0 Å². The van der Waals surface area contributed by atoms with Gasteiger partial charge in [-0.25, -0.2) is 17.2 Å². The van der Waals surface area contributed by atoms with Gasteiger partial charge in [-0.1, -0.05) is 0 Å². The van der Waals surface area contributed by atoms with Crippen LogP contribution in [0.25, 0.3) is 0 Å². The molecule has 0 bridgehead atoms. The Bertz CT molecular complexity index is 571. The average Bonchev–Trinajstić information content (AvgIpc) is 2.24. The molecule has 0 aromatic heterocycles.